The highest BCUT2D eigenvalue weighted by atomic mass is 15.2. The summed E-state index contributed by atoms with van der Waals surface area (Å²) in [7, 11) is 0. The maximum absolute atomic E-state index is 5.82. The molecule has 0 fully saturated rings. The number of rotatable bonds is 5. The van der Waals surface area contributed by atoms with Gasteiger partial charge >= 0.3 is 0 Å². The standard InChI is InChI=1S/C21H30N2/c1-15-11-18(21(3,4)5)12-16(2)20(15)14-19(23-22)13-17-9-7-6-8-10-17/h6-12,19,23H,13-14,22H2,1-5H3. The van der Waals surface area contributed by atoms with Crippen LogP contribution >= 0.6 is 0 Å². The topological polar surface area (TPSA) is 38.0 Å². The monoisotopic (exact) mass is 310 g/mol. The summed E-state index contributed by atoms with van der Waals surface area (Å²) in [5, 5.41) is 0. The van der Waals surface area contributed by atoms with Crippen molar-refractivity contribution in [2.45, 2.75) is 58.9 Å². The van der Waals surface area contributed by atoms with E-state index in [9.17, 15) is 0 Å². The first-order valence-corrected chi connectivity index (χ1v) is 8.42. The summed E-state index contributed by atoms with van der Waals surface area (Å²) in [6, 6.07) is 15.4. The van der Waals surface area contributed by atoms with E-state index in [1.807, 2.05) is 6.07 Å². The molecule has 2 aromatic rings. The molecule has 0 aliphatic carbocycles. The van der Waals surface area contributed by atoms with Gasteiger partial charge in [-0.25, -0.2) is 0 Å². The summed E-state index contributed by atoms with van der Waals surface area (Å²) < 4.78 is 0. The highest BCUT2D eigenvalue weighted by molar-refractivity contribution is 5.41. The number of hydrazine groups is 1. The minimum absolute atomic E-state index is 0.184. The molecule has 2 aromatic carbocycles. The van der Waals surface area contributed by atoms with Gasteiger partial charge in [-0.15, -0.1) is 0 Å². The van der Waals surface area contributed by atoms with Gasteiger partial charge in [-0.05, 0) is 59.9 Å². The summed E-state index contributed by atoms with van der Waals surface area (Å²) >= 11 is 0. The molecule has 0 bridgehead atoms. The Morgan fingerprint density at radius 3 is 2.00 bits per heavy atom. The van der Waals surface area contributed by atoms with E-state index in [1.54, 1.807) is 0 Å². The lowest BCUT2D eigenvalue weighted by atomic mass is 9.82. The smallest absolute Gasteiger partial charge is 0.0291 e. The number of nitrogens with one attached hydrogen (secondary N) is 1. The average molecular weight is 310 g/mol. The molecule has 0 aromatic heterocycles. The van der Waals surface area contributed by atoms with Crippen LogP contribution in [-0.4, -0.2) is 6.04 Å². The van der Waals surface area contributed by atoms with Crippen LogP contribution in [0.25, 0.3) is 0 Å². The normalized spacial score (nSPS) is 13.1. The fraction of sp³-hybridized carbons (Fsp3) is 0.429. The van der Waals surface area contributed by atoms with Gasteiger partial charge in [0.25, 0.3) is 0 Å². The first kappa shape index (κ1) is 17.7. The van der Waals surface area contributed by atoms with Gasteiger partial charge < -0.3 is 0 Å². The number of hydrogen-bond acceptors (Lipinski definition) is 2. The van der Waals surface area contributed by atoms with Crippen LogP contribution in [0.4, 0.5) is 0 Å². The van der Waals surface area contributed by atoms with Gasteiger partial charge in [-0.2, -0.15) is 0 Å². The molecule has 0 amide bonds. The first-order valence-electron chi connectivity index (χ1n) is 8.42. The van der Waals surface area contributed by atoms with Crippen molar-refractivity contribution in [3.63, 3.8) is 0 Å². The highest BCUT2D eigenvalue weighted by Gasteiger charge is 2.18. The fourth-order valence-corrected chi connectivity index (χ4v) is 3.08. The molecular weight excluding hydrogens is 280 g/mol. The van der Waals surface area contributed by atoms with Crippen molar-refractivity contribution in [1.82, 2.24) is 5.43 Å². The maximum Gasteiger partial charge on any atom is 0.0291 e. The van der Waals surface area contributed by atoms with Crippen molar-refractivity contribution in [3.8, 4) is 0 Å². The quantitative estimate of drug-likeness (QED) is 0.641. The molecule has 124 valence electrons. The second-order valence-electron chi connectivity index (χ2n) is 7.60. The van der Waals surface area contributed by atoms with E-state index in [0.717, 1.165) is 12.8 Å². The Hall–Kier alpha value is -1.64. The molecule has 1 atom stereocenters. The van der Waals surface area contributed by atoms with Gasteiger partial charge in [0.1, 0.15) is 0 Å². The Morgan fingerprint density at radius 2 is 1.52 bits per heavy atom. The lowest BCUT2D eigenvalue weighted by Gasteiger charge is -2.24. The second-order valence-corrected chi connectivity index (χ2v) is 7.60. The Morgan fingerprint density at radius 1 is 0.957 bits per heavy atom. The third-order valence-corrected chi connectivity index (χ3v) is 4.57. The van der Waals surface area contributed by atoms with Gasteiger partial charge in [0.15, 0.2) is 0 Å². The van der Waals surface area contributed by atoms with Crippen LogP contribution in [0.2, 0.25) is 0 Å². The summed E-state index contributed by atoms with van der Waals surface area (Å²) in [4.78, 5) is 0. The van der Waals surface area contributed by atoms with Crippen molar-refractivity contribution in [3.05, 3.63) is 70.3 Å². The highest BCUT2D eigenvalue weighted by Crippen LogP contribution is 2.27. The number of nitrogens with two attached hydrogens (primary N) is 1. The molecule has 0 aliphatic heterocycles. The Kier molecular flexibility index (Phi) is 5.61. The molecule has 1 unspecified atom stereocenters. The summed E-state index contributed by atoms with van der Waals surface area (Å²) in [6.07, 6.45) is 1.89. The summed E-state index contributed by atoms with van der Waals surface area (Å²) in [5.41, 5.74) is 10.0. The minimum atomic E-state index is 0.184. The zero-order valence-electron chi connectivity index (χ0n) is 15.1. The molecule has 3 N–H and O–H groups in total. The molecule has 23 heavy (non-hydrogen) atoms. The number of benzene rings is 2. The maximum atomic E-state index is 5.82. The van der Waals surface area contributed by atoms with E-state index in [-0.39, 0.29) is 11.5 Å². The third-order valence-electron chi connectivity index (χ3n) is 4.57. The molecule has 0 heterocycles. The molecule has 2 nitrogen and oxygen atoms in total. The number of hydrogen-bond donors (Lipinski definition) is 2. The van der Waals surface area contributed by atoms with E-state index in [2.05, 4.69) is 76.4 Å². The van der Waals surface area contributed by atoms with Crippen molar-refractivity contribution < 1.29 is 0 Å². The average Bonchev–Trinajstić information content (AvgIpc) is 2.49. The van der Waals surface area contributed by atoms with Crippen molar-refractivity contribution in [2.24, 2.45) is 5.84 Å². The molecule has 2 rings (SSSR count). The largest absolute Gasteiger partial charge is 0.271 e. The van der Waals surface area contributed by atoms with Crippen LogP contribution in [0.3, 0.4) is 0 Å². The van der Waals surface area contributed by atoms with Gasteiger partial charge in [0, 0.05) is 6.04 Å². The Bertz CT molecular complexity index is 616. The number of aryl methyl sites for hydroxylation is 2. The third kappa shape index (κ3) is 4.66. The molecule has 0 saturated carbocycles. The minimum Gasteiger partial charge on any atom is -0.271 e. The van der Waals surface area contributed by atoms with E-state index in [1.165, 1.54) is 27.8 Å². The molecule has 0 radical (unpaired) electrons. The van der Waals surface area contributed by atoms with Crippen molar-refractivity contribution in [1.29, 1.82) is 0 Å². The van der Waals surface area contributed by atoms with Crippen LogP contribution in [0.15, 0.2) is 42.5 Å². The first-order chi connectivity index (χ1) is 10.8. The van der Waals surface area contributed by atoms with Crippen molar-refractivity contribution >= 4 is 0 Å². The van der Waals surface area contributed by atoms with Gasteiger partial charge in [-0.1, -0.05) is 63.2 Å². The SMILES string of the molecule is Cc1cc(C(C)(C)C)cc(C)c1CC(Cc1ccccc1)NN. The van der Waals surface area contributed by atoms with E-state index in [4.69, 9.17) is 5.84 Å². The predicted octanol–water partition coefficient (Wildman–Crippen LogP) is 4.22. The van der Waals surface area contributed by atoms with Gasteiger partial charge in [0.05, 0.1) is 0 Å². The Balaban J connectivity index is 2.21. The van der Waals surface area contributed by atoms with E-state index >= 15 is 0 Å². The van der Waals surface area contributed by atoms with Gasteiger partial charge in [-0.3, -0.25) is 11.3 Å². The summed E-state index contributed by atoms with van der Waals surface area (Å²) in [5.74, 6) is 5.82. The van der Waals surface area contributed by atoms with Crippen LogP contribution in [0.5, 0.6) is 0 Å². The van der Waals surface area contributed by atoms with Crippen LogP contribution in [0, 0.1) is 13.8 Å². The predicted molar refractivity (Wildman–Crippen MR) is 99.6 cm³/mol. The molecule has 0 aliphatic rings. The van der Waals surface area contributed by atoms with Crippen LogP contribution in [0.1, 0.15) is 48.6 Å². The lowest BCUT2D eigenvalue weighted by Crippen LogP contribution is -2.38. The summed E-state index contributed by atoms with van der Waals surface area (Å²) in [6.45, 7) is 11.2. The van der Waals surface area contributed by atoms with Crippen molar-refractivity contribution in [2.75, 3.05) is 0 Å². The molecule has 0 saturated heterocycles. The molecule has 0 spiro atoms. The van der Waals surface area contributed by atoms with E-state index < -0.39 is 0 Å². The Labute approximate surface area is 141 Å². The van der Waals surface area contributed by atoms with Crippen LogP contribution in [-0.2, 0) is 18.3 Å². The fourth-order valence-electron chi connectivity index (χ4n) is 3.08. The van der Waals surface area contributed by atoms with Crippen LogP contribution < -0.4 is 11.3 Å². The molecule has 2 heteroatoms. The second kappa shape index (κ2) is 7.29. The lowest BCUT2D eigenvalue weighted by molar-refractivity contribution is 0.520. The van der Waals surface area contributed by atoms with Gasteiger partial charge in [0.2, 0.25) is 0 Å². The van der Waals surface area contributed by atoms with E-state index in [0.29, 0.717) is 0 Å². The molecular formula is C21H30N2. The zero-order chi connectivity index (χ0) is 17.0. The zero-order valence-corrected chi connectivity index (χ0v) is 15.1.